The lowest BCUT2D eigenvalue weighted by Gasteiger charge is -2.29. The first-order valence-electron chi connectivity index (χ1n) is 9.20. The molecule has 1 unspecified atom stereocenters. The van der Waals surface area contributed by atoms with Crippen LogP contribution in [0.4, 0.5) is 0 Å². The Morgan fingerprint density at radius 2 is 2.12 bits per heavy atom. The van der Waals surface area contributed by atoms with Crippen molar-refractivity contribution in [3.05, 3.63) is 34.9 Å². The number of nitrogens with zero attached hydrogens (tertiary/aromatic N) is 1. The predicted molar refractivity (Wildman–Crippen MR) is 97.3 cm³/mol. The fourth-order valence-corrected chi connectivity index (χ4v) is 3.57. The third kappa shape index (κ3) is 3.94. The van der Waals surface area contributed by atoms with Gasteiger partial charge in [-0.2, -0.15) is 0 Å². The SMILES string of the molecule is CCN[C@H](C)CNCc1ccc2c(c1)C(=O)N(C1CCC(=O)NC1=O)C2. The molecule has 2 heterocycles. The van der Waals surface area contributed by atoms with Gasteiger partial charge in [-0.1, -0.05) is 19.1 Å². The second-order valence-electron chi connectivity index (χ2n) is 6.98. The maximum atomic E-state index is 12.8. The van der Waals surface area contributed by atoms with E-state index in [-0.39, 0.29) is 24.1 Å². The van der Waals surface area contributed by atoms with E-state index in [1.165, 1.54) is 0 Å². The summed E-state index contributed by atoms with van der Waals surface area (Å²) in [7, 11) is 0. The van der Waals surface area contributed by atoms with Gasteiger partial charge in [0, 0.05) is 37.7 Å². The number of imide groups is 1. The molecule has 3 amide bonds. The number of amides is 3. The van der Waals surface area contributed by atoms with Gasteiger partial charge >= 0.3 is 0 Å². The molecule has 0 bridgehead atoms. The maximum absolute atomic E-state index is 12.8. The van der Waals surface area contributed by atoms with Gasteiger partial charge in [0.15, 0.2) is 0 Å². The summed E-state index contributed by atoms with van der Waals surface area (Å²) in [6, 6.07) is 5.72. The highest BCUT2D eigenvalue weighted by Gasteiger charge is 2.38. The van der Waals surface area contributed by atoms with Gasteiger partial charge in [0.1, 0.15) is 6.04 Å². The van der Waals surface area contributed by atoms with Crippen molar-refractivity contribution in [3.63, 3.8) is 0 Å². The highest BCUT2D eigenvalue weighted by atomic mass is 16.2. The van der Waals surface area contributed by atoms with E-state index in [9.17, 15) is 14.4 Å². The number of likely N-dealkylation sites (N-methyl/N-ethyl adjacent to an activating group) is 1. The monoisotopic (exact) mass is 358 g/mol. The summed E-state index contributed by atoms with van der Waals surface area (Å²) >= 11 is 0. The van der Waals surface area contributed by atoms with E-state index < -0.39 is 6.04 Å². The van der Waals surface area contributed by atoms with E-state index in [1.807, 2.05) is 18.2 Å². The number of piperidine rings is 1. The minimum absolute atomic E-state index is 0.127. The summed E-state index contributed by atoms with van der Waals surface area (Å²) in [4.78, 5) is 37.7. The van der Waals surface area contributed by atoms with Gasteiger partial charge in [0.2, 0.25) is 11.8 Å². The minimum atomic E-state index is -0.560. The molecule has 140 valence electrons. The highest BCUT2D eigenvalue weighted by Crippen LogP contribution is 2.28. The van der Waals surface area contributed by atoms with Crippen LogP contribution in [-0.4, -0.2) is 47.8 Å². The number of rotatable bonds is 7. The second-order valence-corrected chi connectivity index (χ2v) is 6.98. The number of hydrogen-bond acceptors (Lipinski definition) is 5. The summed E-state index contributed by atoms with van der Waals surface area (Å²) in [5.41, 5.74) is 2.64. The van der Waals surface area contributed by atoms with Gasteiger partial charge in [0.05, 0.1) is 0 Å². The van der Waals surface area contributed by atoms with Gasteiger partial charge in [-0.05, 0) is 37.1 Å². The normalized spacial score (nSPS) is 20.9. The molecule has 26 heavy (non-hydrogen) atoms. The number of hydrogen-bond donors (Lipinski definition) is 3. The Balaban J connectivity index is 1.63. The standard InChI is InChI=1S/C19H26N4O3/c1-3-21-12(2)9-20-10-13-4-5-14-11-23(19(26)15(14)8-13)16-6-7-17(24)22-18(16)25/h4-5,8,12,16,20-21H,3,6-7,9-11H2,1-2H3,(H,22,24,25)/t12-,16?/m1/s1. The molecular weight excluding hydrogens is 332 g/mol. The zero-order chi connectivity index (χ0) is 18.7. The van der Waals surface area contributed by atoms with Crippen LogP contribution >= 0.6 is 0 Å². The predicted octanol–water partition coefficient (Wildman–Crippen LogP) is 0.535. The van der Waals surface area contributed by atoms with Gasteiger partial charge < -0.3 is 15.5 Å². The zero-order valence-corrected chi connectivity index (χ0v) is 15.3. The van der Waals surface area contributed by atoms with Crippen molar-refractivity contribution in [2.75, 3.05) is 13.1 Å². The van der Waals surface area contributed by atoms with Crippen molar-refractivity contribution in [2.24, 2.45) is 0 Å². The molecule has 2 aliphatic rings. The van der Waals surface area contributed by atoms with Crippen LogP contribution in [0.15, 0.2) is 18.2 Å². The van der Waals surface area contributed by atoms with Crippen LogP contribution in [0.1, 0.15) is 48.2 Å². The molecule has 0 aromatic heterocycles. The van der Waals surface area contributed by atoms with Crippen LogP contribution in [0.5, 0.6) is 0 Å². The van der Waals surface area contributed by atoms with Crippen molar-refractivity contribution in [3.8, 4) is 0 Å². The quantitative estimate of drug-likeness (QED) is 0.619. The van der Waals surface area contributed by atoms with E-state index in [1.54, 1.807) is 4.90 Å². The van der Waals surface area contributed by atoms with E-state index in [4.69, 9.17) is 0 Å². The molecule has 2 aliphatic heterocycles. The molecule has 1 aromatic carbocycles. The first kappa shape index (κ1) is 18.5. The summed E-state index contributed by atoms with van der Waals surface area (Å²) in [5.74, 6) is -0.769. The largest absolute Gasteiger partial charge is 0.322 e. The van der Waals surface area contributed by atoms with Crippen LogP contribution in [0.3, 0.4) is 0 Å². The molecule has 0 aliphatic carbocycles. The number of benzene rings is 1. The Bertz CT molecular complexity index is 719. The van der Waals surface area contributed by atoms with Gasteiger partial charge in [-0.25, -0.2) is 0 Å². The van der Waals surface area contributed by atoms with E-state index in [2.05, 4.69) is 29.8 Å². The fourth-order valence-electron chi connectivity index (χ4n) is 3.57. The zero-order valence-electron chi connectivity index (χ0n) is 15.3. The van der Waals surface area contributed by atoms with Crippen molar-refractivity contribution < 1.29 is 14.4 Å². The molecule has 7 nitrogen and oxygen atoms in total. The number of carbonyl (C=O) groups excluding carboxylic acids is 3. The Kier molecular flexibility index (Phi) is 5.68. The average Bonchev–Trinajstić information content (AvgIpc) is 2.92. The van der Waals surface area contributed by atoms with E-state index in [0.29, 0.717) is 31.1 Å². The Morgan fingerprint density at radius 3 is 2.85 bits per heavy atom. The fraction of sp³-hybridized carbons (Fsp3) is 0.526. The topological polar surface area (TPSA) is 90.5 Å². The second kappa shape index (κ2) is 7.97. The molecule has 0 radical (unpaired) electrons. The van der Waals surface area contributed by atoms with E-state index >= 15 is 0 Å². The number of carbonyl (C=O) groups is 3. The molecule has 7 heteroatoms. The maximum Gasteiger partial charge on any atom is 0.255 e. The molecule has 1 saturated heterocycles. The van der Waals surface area contributed by atoms with Crippen molar-refractivity contribution in [1.82, 2.24) is 20.9 Å². The molecule has 2 atom stereocenters. The third-order valence-electron chi connectivity index (χ3n) is 4.92. The summed E-state index contributed by atoms with van der Waals surface area (Å²) < 4.78 is 0. The van der Waals surface area contributed by atoms with Crippen LogP contribution in [0.25, 0.3) is 0 Å². The first-order valence-corrected chi connectivity index (χ1v) is 9.20. The Morgan fingerprint density at radius 1 is 1.31 bits per heavy atom. The summed E-state index contributed by atoms with van der Waals surface area (Å²) in [5, 5.41) is 9.06. The number of fused-ring (bicyclic) bond motifs is 1. The smallest absolute Gasteiger partial charge is 0.255 e. The lowest BCUT2D eigenvalue weighted by Crippen LogP contribution is -2.52. The van der Waals surface area contributed by atoms with Crippen LogP contribution in [-0.2, 0) is 22.7 Å². The van der Waals surface area contributed by atoms with Crippen molar-refractivity contribution in [2.45, 2.75) is 51.9 Å². The molecule has 3 rings (SSSR count). The number of nitrogens with one attached hydrogen (secondary N) is 3. The molecule has 3 N–H and O–H groups in total. The third-order valence-corrected chi connectivity index (χ3v) is 4.92. The van der Waals surface area contributed by atoms with Crippen molar-refractivity contribution >= 4 is 17.7 Å². The molecule has 0 saturated carbocycles. The van der Waals surface area contributed by atoms with Crippen LogP contribution in [0, 0.1) is 0 Å². The van der Waals surface area contributed by atoms with Gasteiger partial charge in [-0.15, -0.1) is 0 Å². The van der Waals surface area contributed by atoms with Gasteiger partial charge in [-0.3, -0.25) is 19.7 Å². The highest BCUT2D eigenvalue weighted by molar-refractivity contribution is 6.05. The summed E-state index contributed by atoms with van der Waals surface area (Å²) in [6.07, 6.45) is 0.663. The average molecular weight is 358 g/mol. The van der Waals surface area contributed by atoms with Gasteiger partial charge in [0.25, 0.3) is 5.91 Å². The Hall–Kier alpha value is -2.25. The molecule has 0 spiro atoms. The lowest BCUT2D eigenvalue weighted by molar-refractivity contribution is -0.136. The Labute approximate surface area is 153 Å². The minimum Gasteiger partial charge on any atom is -0.322 e. The molecular formula is C19H26N4O3. The lowest BCUT2D eigenvalue weighted by atomic mass is 10.0. The van der Waals surface area contributed by atoms with Crippen LogP contribution < -0.4 is 16.0 Å². The van der Waals surface area contributed by atoms with Crippen molar-refractivity contribution in [1.29, 1.82) is 0 Å². The molecule has 1 aromatic rings. The molecule has 1 fully saturated rings. The van der Waals surface area contributed by atoms with E-state index in [0.717, 1.165) is 24.2 Å². The van der Waals surface area contributed by atoms with Crippen LogP contribution in [0.2, 0.25) is 0 Å². The first-order chi connectivity index (χ1) is 12.5. The summed E-state index contributed by atoms with van der Waals surface area (Å²) in [6.45, 7) is 7.10.